The zero-order chi connectivity index (χ0) is 35.1. The minimum atomic E-state index is -0.654. The third-order valence-corrected chi connectivity index (χ3v) is 11.7. The van der Waals surface area contributed by atoms with Crippen LogP contribution < -0.4 is 0 Å². The number of aliphatic carboxylic acids is 1. The lowest BCUT2D eigenvalue weighted by atomic mass is 10.0. The van der Waals surface area contributed by atoms with Gasteiger partial charge < -0.3 is 9.84 Å². The number of ether oxygens (including phenoxy) is 1. The molecule has 0 fully saturated rings. The fourth-order valence-corrected chi connectivity index (χ4v) is 8.48. The first-order valence-corrected chi connectivity index (χ1v) is 22.6. The van der Waals surface area contributed by atoms with Gasteiger partial charge in [-0.3, -0.25) is 9.59 Å². The lowest BCUT2D eigenvalue weighted by Gasteiger charge is -2.15. The Balaban J connectivity index is 0. The summed E-state index contributed by atoms with van der Waals surface area (Å²) in [6.07, 6.45) is 38.0. The molecule has 282 valence electrons. The summed E-state index contributed by atoms with van der Waals surface area (Å²) in [6.45, 7) is 9.13. The van der Waals surface area contributed by atoms with Gasteiger partial charge in [-0.2, -0.15) is 23.5 Å². The average Bonchev–Trinajstić information content (AvgIpc) is 3.06. The summed E-state index contributed by atoms with van der Waals surface area (Å²) in [5.74, 6) is 1.77. The van der Waals surface area contributed by atoms with Crippen LogP contribution in [0.5, 0.6) is 0 Å². The highest BCUT2D eigenvalue weighted by molar-refractivity contribution is 8.00. The van der Waals surface area contributed by atoms with Crippen LogP contribution in [0.1, 0.15) is 220 Å². The van der Waals surface area contributed by atoms with E-state index in [1.54, 1.807) is 0 Å². The fraction of sp³-hybridized carbons (Fsp3) is 0.951. The smallest absolute Gasteiger partial charge is 0.305 e. The maximum absolute atomic E-state index is 11.0. The summed E-state index contributed by atoms with van der Waals surface area (Å²) in [4.78, 5) is 21.5. The molecule has 0 radical (unpaired) electrons. The quantitative estimate of drug-likeness (QED) is 0.0518. The van der Waals surface area contributed by atoms with Gasteiger partial charge in [0.1, 0.15) is 0 Å². The molecule has 0 heterocycles. The van der Waals surface area contributed by atoms with Crippen molar-refractivity contribution in [3.05, 3.63) is 0 Å². The maximum Gasteiger partial charge on any atom is 0.305 e. The van der Waals surface area contributed by atoms with Gasteiger partial charge in [0.15, 0.2) is 0 Å². The molecule has 0 spiro atoms. The molecule has 0 saturated carbocycles. The predicted octanol–water partition coefficient (Wildman–Crippen LogP) is 14.2. The van der Waals surface area contributed by atoms with Gasteiger partial charge in [0, 0.05) is 23.3 Å². The molecule has 0 rings (SSSR count). The Morgan fingerprint density at radius 1 is 0.468 bits per heavy atom. The Hall–Kier alpha value is -0.360. The summed E-state index contributed by atoms with van der Waals surface area (Å²) in [6, 6.07) is 0. The van der Waals surface area contributed by atoms with Crippen LogP contribution in [0.25, 0.3) is 0 Å². The molecule has 4 nitrogen and oxygen atoms in total. The molecule has 1 N–H and O–H groups in total. The van der Waals surface area contributed by atoms with Crippen molar-refractivity contribution in [3.63, 3.8) is 0 Å². The Morgan fingerprint density at radius 2 is 0.766 bits per heavy atom. The summed E-state index contributed by atoms with van der Waals surface area (Å²) in [5, 5.41) is 10.4. The van der Waals surface area contributed by atoms with E-state index in [0.29, 0.717) is 12.8 Å². The third kappa shape index (κ3) is 41.7. The van der Waals surface area contributed by atoms with Crippen LogP contribution in [0.3, 0.4) is 0 Å². The van der Waals surface area contributed by atoms with E-state index in [1.165, 1.54) is 179 Å². The summed E-state index contributed by atoms with van der Waals surface area (Å²) < 4.78 is 4.66. The van der Waals surface area contributed by atoms with Crippen LogP contribution >= 0.6 is 23.5 Å². The fourth-order valence-electron chi connectivity index (χ4n) is 6.20. The van der Waals surface area contributed by atoms with Crippen molar-refractivity contribution >= 4 is 35.5 Å². The van der Waals surface area contributed by atoms with Crippen LogP contribution in [-0.2, 0) is 14.3 Å². The largest absolute Gasteiger partial charge is 0.481 e. The summed E-state index contributed by atoms with van der Waals surface area (Å²) in [5.41, 5.74) is 0. The molecule has 47 heavy (non-hydrogen) atoms. The summed E-state index contributed by atoms with van der Waals surface area (Å²) >= 11 is 4.31. The van der Waals surface area contributed by atoms with Crippen LogP contribution in [0.4, 0.5) is 0 Å². The van der Waals surface area contributed by atoms with Gasteiger partial charge in [-0.15, -0.1) is 0 Å². The van der Waals surface area contributed by atoms with E-state index in [4.69, 9.17) is 5.11 Å². The minimum Gasteiger partial charge on any atom is -0.481 e. The average molecular weight is 703 g/mol. The Bertz CT molecular complexity index is 631. The molecule has 0 bridgehead atoms. The molecule has 0 aliphatic heterocycles. The first-order chi connectivity index (χ1) is 22.9. The Labute approximate surface area is 303 Å². The number of carboxylic acid groups (broad SMARTS) is 1. The molecule has 0 aliphatic rings. The molecule has 0 amide bonds. The van der Waals surface area contributed by atoms with Crippen LogP contribution in [0.15, 0.2) is 0 Å². The predicted molar refractivity (Wildman–Crippen MR) is 213 cm³/mol. The molecule has 2 unspecified atom stereocenters. The van der Waals surface area contributed by atoms with E-state index in [1.807, 2.05) is 0 Å². The summed E-state index contributed by atoms with van der Waals surface area (Å²) in [7, 11) is 1.47. The molecule has 0 aromatic heterocycles. The Morgan fingerprint density at radius 3 is 1.06 bits per heavy atom. The highest BCUT2D eigenvalue weighted by Gasteiger charge is 2.09. The van der Waals surface area contributed by atoms with Gasteiger partial charge in [0.2, 0.25) is 0 Å². The SMILES string of the molecule is CCCCCCCCC(CCCCCCCCC(=O)OC)SCC.CCCCCCCCCC(CCCCCCCC(=O)O)SCC. The van der Waals surface area contributed by atoms with Gasteiger partial charge in [0.25, 0.3) is 0 Å². The monoisotopic (exact) mass is 703 g/mol. The van der Waals surface area contributed by atoms with Crippen LogP contribution in [0.2, 0.25) is 0 Å². The highest BCUT2D eigenvalue weighted by atomic mass is 32.2. The molecular weight excluding hydrogens is 621 g/mol. The molecule has 0 aliphatic carbocycles. The number of hydrogen-bond acceptors (Lipinski definition) is 5. The Kier molecular flexibility index (Phi) is 43.4. The van der Waals surface area contributed by atoms with Gasteiger partial charge in [-0.1, -0.05) is 169 Å². The van der Waals surface area contributed by atoms with Crippen molar-refractivity contribution in [3.8, 4) is 0 Å². The maximum atomic E-state index is 11.0. The molecule has 0 saturated heterocycles. The van der Waals surface area contributed by atoms with E-state index in [2.05, 4.69) is 56.0 Å². The van der Waals surface area contributed by atoms with Crippen molar-refractivity contribution in [2.45, 2.75) is 231 Å². The number of carbonyl (C=O) groups excluding carboxylic acids is 1. The topological polar surface area (TPSA) is 63.6 Å². The minimum absolute atomic E-state index is 0.0656. The normalized spacial score (nSPS) is 12.4. The number of hydrogen-bond donors (Lipinski definition) is 1. The van der Waals surface area contributed by atoms with Crippen molar-refractivity contribution in [2.75, 3.05) is 18.6 Å². The van der Waals surface area contributed by atoms with Gasteiger partial charge >= 0.3 is 11.9 Å². The van der Waals surface area contributed by atoms with Crippen molar-refractivity contribution in [1.82, 2.24) is 0 Å². The number of unbranched alkanes of at least 4 members (excludes halogenated alkanes) is 20. The number of methoxy groups -OCH3 is 1. The number of thioether (sulfide) groups is 2. The van der Waals surface area contributed by atoms with Crippen molar-refractivity contribution < 1.29 is 19.4 Å². The molecule has 2 atom stereocenters. The standard InChI is InChI=1S/C21H42O2S.C20H40O2S/c1-4-6-7-8-11-14-17-20(24-5-2)18-15-12-9-10-13-16-19-21(22)23-3;1-3-5-6-7-8-10-13-16-19(23-4-2)17-14-11-9-12-15-18-20(21)22/h20H,4-19H2,1-3H3;19H,3-18H2,1-2H3,(H,21,22). The highest BCUT2D eigenvalue weighted by Crippen LogP contribution is 2.25. The van der Waals surface area contributed by atoms with Crippen molar-refractivity contribution in [1.29, 1.82) is 0 Å². The number of esters is 1. The van der Waals surface area contributed by atoms with Gasteiger partial charge in [-0.05, 0) is 50.0 Å². The van der Waals surface area contributed by atoms with E-state index in [-0.39, 0.29) is 5.97 Å². The zero-order valence-corrected chi connectivity index (χ0v) is 33.9. The first-order valence-electron chi connectivity index (χ1n) is 20.5. The second kappa shape index (κ2) is 41.8. The number of carbonyl (C=O) groups is 2. The lowest BCUT2D eigenvalue weighted by Crippen LogP contribution is -2.03. The molecule has 0 aromatic rings. The molecular formula is C41H82O4S2. The second-order valence-corrected chi connectivity index (χ2v) is 16.7. The first kappa shape index (κ1) is 48.8. The van der Waals surface area contributed by atoms with Crippen LogP contribution in [-0.4, -0.2) is 46.2 Å². The second-order valence-electron chi connectivity index (χ2n) is 13.6. The number of carboxylic acids is 1. The van der Waals surface area contributed by atoms with Crippen LogP contribution in [0, 0.1) is 0 Å². The molecule has 0 aromatic carbocycles. The van der Waals surface area contributed by atoms with E-state index < -0.39 is 5.97 Å². The molecule has 6 heteroatoms. The van der Waals surface area contributed by atoms with Gasteiger partial charge in [0.05, 0.1) is 7.11 Å². The number of rotatable bonds is 36. The van der Waals surface area contributed by atoms with E-state index in [9.17, 15) is 9.59 Å². The van der Waals surface area contributed by atoms with Crippen molar-refractivity contribution in [2.24, 2.45) is 0 Å². The third-order valence-electron chi connectivity index (χ3n) is 9.12. The lowest BCUT2D eigenvalue weighted by molar-refractivity contribution is -0.141. The van der Waals surface area contributed by atoms with E-state index in [0.717, 1.165) is 29.8 Å². The van der Waals surface area contributed by atoms with Gasteiger partial charge in [-0.25, -0.2) is 0 Å². The van der Waals surface area contributed by atoms with E-state index >= 15 is 0 Å². The zero-order valence-electron chi connectivity index (χ0n) is 32.3.